The van der Waals surface area contributed by atoms with Crippen molar-refractivity contribution in [2.45, 2.75) is 19.8 Å². The Morgan fingerprint density at radius 2 is 1.55 bits per heavy atom. The van der Waals surface area contributed by atoms with Crippen molar-refractivity contribution in [2.24, 2.45) is 0 Å². The Kier molecular flexibility index (Phi) is 8.79. The van der Waals surface area contributed by atoms with Crippen molar-refractivity contribution in [1.82, 2.24) is 4.90 Å². The Labute approximate surface area is 202 Å². The number of ether oxygens (including phenoxy) is 1. The fourth-order valence-electron chi connectivity index (χ4n) is 3.40. The Hall–Kier alpha value is -2.97. The molecule has 1 heterocycles. The lowest BCUT2D eigenvalue weighted by molar-refractivity contribution is -0.144. The highest BCUT2D eigenvalue weighted by atomic mass is 35.5. The summed E-state index contributed by atoms with van der Waals surface area (Å²) < 4.78 is 4.82. The summed E-state index contributed by atoms with van der Waals surface area (Å²) in [5.41, 5.74) is 2.06. The summed E-state index contributed by atoms with van der Waals surface area (Å²) in [6, 6.07) is 12.3. The van der Waals surface area contributed by atoms with Gasteiger partial charge in [-0.05, 0) is 43.3 Å². The average Bonchev–Trinajstić information content (AvgIpc) is 2.81. The molecule has 176 valence electrons. The molecule has 8 nitrogen and oxygen atoms in total. The highest BCUT2D eigenvalue weighted by molar-refractivity contribution is 6.39. The molecule has 0 aliphatic carbocycles. The molecule has 3 amide bonds. The zero-order valence-electron chi connectivity index (χ0n) is 18.3. The van der Waals surface area contributed by atoms with E-state index >= 15 is 0 Å². The molecular weight excluding hydrogens is 467 g/mol. The highest BCUT2D eigenvalue weighted by Crippen LogP contribution is 2.30. The second kappa shape index (κ2) is 11.8. The maximum atomic E-state index is 12.6. The summed E-state index contributed by atoms with van der Waals surface area (Å²) in [5.74, 6) is -0.625. The van der Waals surface area contributed by atoms with Crippen LogP contribution in [0, 0.1) is 0 Å². The lowest BCUT2D eigenvalue weighted by atomic mass is 10.2. The maximum Gasteiger partial charge on any atom is 0.322 e. The molecule has 2 N–H and O–H groups in total. The van der Waals surface area contributed by atoms with E-state index in [-0.39, 0.29) is 30.7 Å². The largest absolute Gasteiger partial charge is 0.466 e. The van der Waals surface area contributed by atoms with Crippen LogP contribution in [0.4, 0.5) is 21.9 Å². The molecule has 3 rings (SSSR count). The molecule has 0 radical (unpaired) electrons. The quantitative estimate of drug-likeness (QED) is 0.549. The summed E-state index contributed by atoms with van der Waals surface area (Å²) in [7, 11) is 0. The molecule has 10 heteroatoms. The SMILES string of the molecule is CCOC(=O)CCC(=O)Nc1ccc(N2CCN(C(=O)Nc3c(Cl)cccc3Cl)CC2)cc1. The van der Waals surface area contributed by atoms with Crippen LogP contribution >= 0.6 is 23.2 Å². The van der Waals surface area contributed by atoms with Gasteiger partial charge in [0, 0.05) is 44.0 Å². The summed E-state index contributed by atoms with van der Waals surface area (Å²) in [4.78, 5) is 39.8. The van der Waals surface area contributed by atoms with Gasteiger partial charge in [0.05, 0.1) is 28.8 Å². The van der Waals surface area contributed by atoms with Crippen LogP contribution in [0.1, 0.15) is 19.8 Å². The van der Waals surface area contributed by atoms with Gasteiger partial charge in [-0.25, -0.2) is 4.79 Å². The first-order valence-corrected chi connectivity index (χ1v) is 11.4. The normalized spacial score (nSPS) is 13.4. The third-order valence-electron chi connectivity index (χ3n) is 5.14. The molecule has 1 fully saturated rings. The van der Waals surface area contributed by atoms with Gasteiger partial charge in [0.15, 0.2) is 0 Å². The van der Waals surface area contributed by atoms with Crippen molar-refractivity contribution in [3.63, 3.8) is 0 Å². The summed E-state index contributed by atoms with van der Waals surface area (Å²) in [5, 5.41) is 6.35. The van der Waals surface area contributed by atoms with Crippen molar-refractivity contribution in [1.29, 1.82) is 0 Å². The number of urea groups is 1. The predicted octanol–water partition coefficient (Wildman–Crippen LogP) is 4.63. The third-order valence-corrected chi connectivity index (χ3v) is 5.77. The summed E-state index contributed by atoms with van der Waals surface area (Å²) in [6.07, 6.45) is 0.127. The average molecular weight is 493 g/mol. The number of esters is 1. The van der Waals surface area contributed by atoms with Gasteiger partial charge in [-0.15, -0.1) is 0 Å². The summed E-state index contributed by atoms with van der Waals surface area (Å²) in [6.45, 7) is 4.44. The van der Waals surface area contributed by atoms with Crippen LogP contribution in [0.5, 0.6) is 0 Å². The maximum absolute atomic E-state index is 12.6. The second-order valence-electron chi connectivity index (χ2n) is 7.40. The smallest absolute Gasteiger partial charge is 0.322 e. The highest BCUT2D eigenvalue weighted by Gasteiger charge is 2.22. The van der Waals surface area contributed by atoms with Gasteiger partial charge in [-0.2, -0.15) is 0 Å². The molecule has 0 spiro atoms. The number of halogens is 2. The van der Waals surface area contributed by atoms with Crippen LogP contribution in [-0.2, 0) is 14.3 Å². The molecule has 33 heavy (non-hydrogen) atoms. The minimum absolute atomic E-state index is 0.0539. The number of amides is 3. The zero-order valence-corrected chi connectivity index (χ0v) is 19.8. The second-order valence-corrected chi connectivity index (χ2v) is 8.22. The van der Waals surface area contributed by atoms with Crippen LogP contribution in [0.15, 0.2) is 42.5 Å². The number of rotatable bonds is 7. The fourth-order valence-corrected chi connectivity index (χ4v) is 3.89. The monoisotopic (exact) mass is 492 g/mol. The number of carbonyl (C=O) groups excluding carboxylic acids is 3. The molecule has 0 saturated carbocycles. The van der Waals surface area contributed by atoms with Crippen LogP contribution in [0.25, 0.3) is 0 Å². The summed E-state index contributed by atoms with van der Waals surface area (Å²) >= 11 is 12.3. The van der Waals surface area contributed by atoms with Crippen molar-refractivity contribution in [3.8, 4) is 0 Å². The third kappa shape index (κ3) is 7.00. The number of hydrogen-bond donors (Lipinski definition) is 2. The van der Waals surface area contributed by atoms with E-state index in [0.29, 0.717) is 54.2 Å². The van der Waals surface area contributed by atoms with Gasteiger partial charge in [0.2, 0.25) is 5.91 Å². The first kappa shape index (κ1) is 24.7. The predicted molar refractivity (Wildman–Crippen MR) is 130 cm³/mol. The van der Waals surface area contributed by atoms with E-state index in [0.717, 1.165) is 5.69 Å². The van der Waals surface area contributed by atoms with E-state index in [2.05, 4.69) is 15.5 Å². The van der Waals surface area contributed by atoms with Crippen LogP contribution in [-0.4, -0.2) is 55.6 Å². The standard InChI is InChI=1S/C23H26Cl2N4O4/c1-2-33-21(31)11-10-20(30)26-16-6-8-17(9-7-16)28-12-14-29(15-13-28)23(32)27-22-18(24)4-3-5-19(22)25/h3-9H,2,10-15H2,1H3,(H,26,30)(H,27,32). The molecule has 2 aromatic carbocycles. The van der Waals surface area contributed by atoms with E-state index in [9.17, 15) is 14.4 Å². The number of anilines is 3. The molecule has 0 aromatic heterocycles. The topological polar surface area (TPSA) is 91.0 Å². The van der Waals surface area contributed by atoms with Gasteiger partial charge >= 0.3 is 12.0 Å². The van der Waals surface area contributed by atoms with E-state index < -0.39 is 0 Å². The number of para-hydroxylation sites is 1. The van der Waals surface area contributed by atoms with Gasteiger partial charge in [0.1, 0.15) is 0 Å². The lowest BCUT2D eigenvalue weighted by Crippen LogP contribution is -2.50. The molecule has 1 saturated heterocycles. The minimum Gasteiger partial charge on any atom is -0.466 e. The number of carbonyl (C=O) groups is 3. The Bertz CT molecular complexity index is 972. The van der Waals surface area contributed by atoms with E-state index in [1.165, 1.54) is 0 Å². The van der Waals surface area contributed by atoms with E-state index in [4.69, 9.17) is 27.9 Å². The minimum atomic E-state index is -0.384. The molecule has 2 aromatic rings. The van der Waals surface area contributed by atoms with Crippen molar-refractivity contribution in [2.75, 3.05) is 48.3 Å². The van der Waals surface area contributed by atoms with Gasteiger partial charge in [-0.1, -0.05) is 29.3 Å². The number of nitrogens with zero attached hydrogens (tertiary/aromatic N) is 2. The number of hydrogen-bond acceptors (Lipinski definition) is 5. The van der Waals surface area contributed by atoms with Gasteiger partial charge in [0.25, 0.3) is 0 Å². The Morgan fingerprint density at radius 1 is 0.909 bits per heavy atom. The van der Waals surface area contributed by atoms with Gasteiger partial charge in [-0.3, -0.25) is 9.59 Å². The molecule has 1 aliphatic rings. The van der Waals surface area contributed by atoms with Crippen LogP contribution in [0.2, 0.25) is 10.0 Å². The van der Waals surface area contributed by atoms with Gasteiger partial charge < -0.3 is 25.2 Å². The molecular formula is C23H26Cl2N4O4. The molecule has 0 unspecified atom stereocenters. The van der Waals surface area contributed by atoms with Crippen LogP contribution < -0.4 is 15.5 Å². The lowest BCUT2D eigenvalue weighted by Gasteiger charge is -2.36. The number of benzene rings is 2. The van der Waals surface area contributed by atoms with Crippen molar-refractivity contribution < 1.29 is 19.1 Å². The van der Waals surface area contributed by atoms with E-state index in [1.807, 2.05) is 24.3 Å². The first-order valence-electron chi connectivity index (χ1n) is 10.7. The van der Waals surface area contributed by atoms with Crippen LogP contribution in [0.3, 0.4) is 0 Å². The Morgan fingerprint density at radius 3 is 2.15 bits per heavy atom. The van der Waals surface area contributed by atoms with Crippen molar-refractivity contribution in [3.05, 3.63) is 52.5 Å². The van der Waals surface area contributed by atoms with Crippen molar-refractivity contribution >= 4 is 58.2 Å². The molecule has 0 bridgehead atoms. The molecule has 1 aliphatic heterocycles. The number of piperazine rings is 1. The number of nitrogens with one attached hydrogen (secondary N) is 2. The fraction of sp³-hybridized carbons (Fsp3) is 0.348. The first-order chi connectivity index (χ1) is 15.9. The zero-order chi connectivity index (χ0) is 23.8. The van der Waals surface area contributed by atoms with E-state index in [1.54, 1.807) is 30.0 Å². The Balaban J connectivity index is 1.47. The molecule has 0 atom stereocenters.